The van der Waals surface area contributed by atoms with Gasteiger partial charge in [-0.05, 0) is 54.1 Å². The average Bonchev–Trinajstić information content (AvgIpc) is 3.24. The van der Waals surface area contributed by atoms with E-state index in [1.165, 1.54) is 6.08 Å². The van der Waals surface area contributed by atoms with Crippen molar-refractivity contribution in [2.24, 2.45) is 0 Å². The number of urea groups is 1. The van der Waals surface area contributed by atoms with E-state index in [2.05, 4.69) is 15.6 Å². The number of ether oxygens (including phenoxy) is 1. The largest absolute Gasteiger partial charge is 0.487 e. The van der Waals surface area contributed by atoms with Gasteiger partial charge in [-0.25, -0.2) is 4.79 Å². The minimum Gasteiger partial charge on any atom is -0.487 e. The zero-order valence-electron chi connectivity index (χ0n) is 16.8. The lowest BCUT2D eigenvalue weighted by molar-refractivity contribution is -0.111. The molecule has 0 radical (unpaired) electrons. The molecule has 1 aliphatic rings. The summed E-state index contributed by atoms with van der Waals surface area (Å²) >= 11 is 0. The van der Waals surface area contributed by atoms with Crippen LogP contribution in [0.5, 0.6) is 5.75 Å². The third-order valence-corrected chi connectivity index (χ3v) is 4.70. The quantitative estimate of drug-likeness (QED) is 0.576. The molecule has 2 heterocycles. The normalized spacial score (nSPS) is 13.3. The molecule has 0 saturated carbocycles. The summed E-state index contributed by atoms with van der Waals surface area (Å²) in [5.41, 5.74) is 3.11. The molecule has 2 N–H and O–H groups in total. The van der Waals surface area contributed by atoms with Crippen LogP contribution in [0.2, 0.25) is 0 Å². The smallest absolute Gasteiger partial charge is 0.321 e. The Balaban J connectivity index is 1.31. The van der Waals surface area contributed by atoms with Crippen molar-refractivity contribution in [2.75, 3.05) is 23.3 Å². The Kier molecular flexibility index (Phi) is 6.23. The Morgan fingerprint density at radius 3 is 2.74 bits per heavy atom. The first-order chi connectivity index (χ1) is 15.2. The third kappa shape index (κ3) is 5.48. The minimum absolute atomic E-state index is 0.129. The highest BCUT2D eigenvalue weighted by Gasteiger charge is 2.21. The number of pyridine rings is 1. The van der Waals surface area contributed by atoms with Gasteiger partial charge in [0.2, 0.25) is 5.91 Å². The molecule has 1 saturated heterocycles. The molecule has 1 aromatic heterocycles. The summed E-state index contributed by atoms with van der Waals surface area (Å²) in [5, 5.41) is 5.59. The fraction of sp³-hybridized carbons (Fsp3) is 0.125. The first kappa shape index (κ1) is 20.2. The monoisotopic (exact) mass is 414 g/mol. The molecular weight excluding hydrogens is 392 g/mol. The molecule has 7 nitrogen and oxygen atoms in total. The number of aromatic nitrogens is 1. The van der Waals surface area contributed by atoms with Gasteiger partial charge in [0.25, 0.3) is 0 Å². The Labute approximate surface area is 180 Å². The SMILES string of the molecule is O=C(C=Cc1ccc(OCc2ccccn2)cc1)Nc1cccc(N2CCNC2=O)c1. The molecule has 0 bridgehead atoms. The number of rotatable bonds is 7. The summed E-state index contributed by atoms with van der Waals surface area (Å²) in [6.07, 6.45) is 4.94. The second kappa shape index (κ2) is 9.58. The molecule has 3 aromatic rings. The minimum atomic E-state index is -0.251. The van der Waals surface area contributed by atoms with Gasteiger partial charge in [0.05, 0.1) is 5.69 Å². The number of hydrogen-bond acceptors (Lipinski definition) is 4. The summed E-state index contributed by atoms with van der Waals surface area (Å²) in [6.45, 7) is 1.62. The Morgan fingerprint density at radius 1 is 1.13 bits per heavy atom. The summed E-state index contributed by atoms with van der Waals surface area (Å²) in [6, 6.07) is 20.2. The van der Waals surface area contributed by atoms with Crippen LogP contribution in [0, 0.1) is 0 Å². The predicted octanol–water partition coefficient (Wildman–Crippen LogP) is 3.84. The van der Waals surface area contributed by atoms with Gasteiger partial charge in [-0.2, -0.15) is 0 Å². The number of nitrogens with one attached hydrogen (secondary N) is 2. The summed E-state index contributed by atoms with van der Waals surface area (Å²) < 4.78 is 5.71. The van der Waals surface area contributed by atoms with E-state index in [-0.39, 0.29) is 11.9 Å². The Morgan fingerprint density at radius 2 is 2.00 bits per heavy atom. The van der Waals surface area contributed by atoms with E-state index in [1.807, 2.05) is 54.6 Å². The fourth-order valence-electron chi connectivity index (χ4n) is 3.14. The molecule has 156 valence electrons. The second-order valence-corrected chi connectivity index (χ2v) is 6.94. The predicted molar refractivity (Wildman–Crippen MR) is 120 cm³/mol. The maximum absolute atomic E-state index is 12.3. The van der Waals surface area contributed by atoms with Crippen LogP contribution >= 0.6 is 0 Å². The first-order valence-electron chi connectivity index (χ1n) is 9.95. The molecule has 7 heteroatoms. The maximum atomic E-state index is 12.3. The van der Waals surface area contributed by atoms with Gasteiger partial charge in [0.1, 0.15) is 12.4 Å². The number of anilines is 2. The van der Waals surface area contributed by atoms with Crippen molar-refractivity contribution in [3.63, 3.8) is 0 Å². The number of amides is 3. The van der Waals surface area contributed by atoms with Crippen molar-refractivity contribution >= 4 is 29.4 Å². The lowest BCUT2D eigenvalue weighted by atomic mass is 10.2. The molecular formula is C24H22N4O3. The molecule has 0 atom stereocenters. The molecule has 1 aliphatic heterocycles. The van der Waals surface area contributed by atoms with Crippen molar-refractivity contribution in [2.45, 2.75) is 6.61 Å². The van der Waals surface area contributed by atoms with Crippen molar-refractivity contribution in [1.82, 2.24) is 10.3 Å². The van der Waals surface area contributed by atoms with Gasteiger partial charge < -0.3 is 15.4 Å². The Hall–Kier alpha value is -4.13. The fourth-order valence-corrected chi connectivity index (χ4v) is 3.14. The highest BCUT2D eigenvalue weighted by molar-refractivity contribution is 6.02. The van der Waals surface area contributed by atoms with Gasteiger partial charge in [0, 0.05) is 36.7 Å². The van der Waals surface area contributed by atoms with E-state index < -0.39 is 0 Å². The van der Waals surface area contributed by atoms with E-state index in [9.17, 15) is 9.59 Å². The van der Waals surface area contributed by atoms with Gasteiger partial charge in [-0.1, -0.05) is 24.3 Å². The van der Waals surface area contributed by atoms with E-state index in [0.717, 1.165) is 22.7 Å². The molecule has 2 aromatic carbocycles. The summed E-state index contributed by atoms with van der Waals surface area (Å²) in [5.74, 6) is 0.480. The molecule has 31 heavy (non-hydrogen) atoms. The van der Waals surface area contributed by atoms with Crippen LogP contribution in [0.15, 0.2) is 79.0 Å². The van der Waals surface area contributed by atoms with Gasteiger partial charge in [-0.15, -0.1) is 0 Å². The van der Waals surface area contributed by atoms with Crippen LogP contribution in [0.3, 0.4) is 0 Å². The number of hydrogen-bond donors (Lipinski definition) is 2. The summed E-state index contributed by atoms with van der Waals surface area (Å²) in [7, 11) is 0. The van der Waals surface area contributed by atoms with Gasteiger partial charge in [-0.3, -0.25) is 14.7 Å². The number of carbonyl (C=O) groups excluding carboxylic acids is 2. The van der Waals surface area contributed by atoms with Crippen LogP contribution in [0.1, 0.15) is 11.3 Å². The zero-order chi connectivity index (χ0) is 21.5. The van der Waals surface area contributed by atoms with Crippen molar-refractivity contribution in [3.05, 3.63) is 90.3 Å². The lowest BCUT2D eigenvalue weighted by Crippen LogP contribution is -2.27. The van der Waals surface area contributed by atoms with Crippen LogP contribution < -0.4 is 20.3 Å². The van der Waals surface area contributed by atoms with Crippen molar-refractivity contribution in [1.29, 1.82) is 0 Å². The first-order valence-corrected chi connectivity index (χ1v) is 9.95. The number of nitrogens with zero attached hydrogens (tertiary/aromatic N) is 2. The average molecular weight is 414 g/mol. The van der Waals surface area contributed by atoms with Crippen LogP contribution in [-0.2, 0) is 11.4 Å². The molecule has 0 aliphatic carbocycles. The second-order valence-electron chi connectivity index (χ2n) is 6.94. The standard InChI is InChI=1S/C24H22N4O3/c29-23(27-19-5-3-6-21(16-19)28-15-14-26-24(28)30)12-9-18-7-10-22(11-8-18)31-17-20-4-1-2-13-25-20/h1-13,16H,14-15,17H2,(H,26,30)(H,27,29). The highest BCUT2D eigenvalue weighted by atomic mass is 16.5. The molecule has 0 unspecified atom stereocenters. The van der Waals surface area contributed by atoms with Crippen LogP contribution in [0.25, 0.3) is 6.08 Å². The summed E-state index contributed by atoms with van der Waals surface area (Å²) in [4.78, 5) is 30.0. The zero-order valence-corrected chi connectivity index (χ0v) is 16.8. The van der Waals surface area contributed by atoms with Crippen LogP contribution in [0.4, 0.5) is 16.2 Å². The van der Waals surface area contributed by atoms with E-state index in [1.54, 1.807) is 29.3 Å². The number of benzene rings is 2. The van der Waals surface area contributed by atoms with E-state index >= 15 is 0 Å². The Bertz CT molecular complexity index is 1080. The maximum Gasteiger partial charge on any atom is 0.321 e. The molecule has 1 fully saturated rings. The van der Waals surface area contributed by atoms with Gasteiger partial charge in [0.15, 0.2) is 0 Å². The third-order valence-electron chi connectivity index (χ3n) is 4.70. The topological polar surface area (TPSA) is 83.6 Å². The van der Waals surface area contributed by atoms with E-state index in [0.29, 0.717) is 25.4 Å². The van der Waals surface area contributed by atoms with E-state index in [4.69, 9.17) is 4.74 Å². The van der Waals surface area contributed by atoms with Crippen molar-refractivity contribution in [3.8, 4) is 5.75 Å². The lowest BCUT2D eigenvalue weighted by Gasteiger charge is -2.15. The highest BCUT2D eigenvalue weighted by Crippen LogP contribution is 2.21. The van der Waals surface area contributed by atoms with Crippen LogP contribution in [-0.4, -0.2) is 30.0 Å². The molecule has 4 rings (SSSR count). The molecule has 0 spiro atoms. The molecule has 3 amide bonds. The number of carbonyl (C=O) groups is 2. The van der Waals surface area contributed by atoms with Crippen molar-refractivity contribution < 1.29 is 14.3 Å². The van der Waals surface area contributed by atoms with Gasteiger partial charge >= 0.3 is 6.03 Å².